The fraction of sp³-hybridized carbons (Fsp3) is 0.176. The van der Waals surface area contributed by atoms with Gasteiger partial charge in [-0.3, -0.25) is 4.79 Å². The molecule has 5 heteroatoms. The van der Waals surface area contributed by atoms with Gasteiger partial charge in [-0.05, 0) is 30.5 Å². The van der Waals surface area contributed by atoms with Gasteiger partial charge in [-0.25, -0.2) is 5.43 Å². The highest BCUT2D eigenvalue weighted by Crippen LogP contribution is 2.22. The lowest BCUT2D eigenvalue weighted by Crippen LogP contribution is -2.24. The zero-order valence-electron chi connectivity index (χ0n) is 12.0. The molecule has 0 atom stereocenters. The number of aryl methyl sites for hydroxylation is 1. The van der Waals surface area contributed by atoms with Crippen LogP contribution in [0.1, 0.15) is 12.0 Å². The van der Waals surface area contributed by atoms with Gasteiger partial charge < -0.3 is 4.74 Å². The zero-order valence-corrected chi connectivity index (χ0v) is 12.8. The Bertz CT molecular complexity index is 630. The standard InChI is InChI=1S/C17H17ClN2O2/c18-15-10-4-5-11-16(15)22-13-17(21)20-19-12-6-9-14-7-2-1-3-8-14/h1-5,7-8,10-12H,6,9,13H2,(H,20,21)/b19-12-. The molecule has 0 aliphatic carbocycles. The number of ether oxygens (including phenoxy) is 1. The maximum atomic E-state index is 11.6. The van der Waals surface area contributed by atoms with Crippen molar-refractivity contribution in [3.05, 3.63) is 65.2 Å². The molecule has 0 unspecified atom stereocenters. The summed E-state index contributed by atoms with van der Waals surface area (Å²) in [5.74, 6) is 0.156. The zero-order chi connectivity index (χ0) is 15.6. The molecule has 2 aromatic rings. The second-order valence-corrected chi connectivity index (χ2v) is 5.00. The Morgan fingerprint density at radius 1 is 1.14 bits per heavy atom. The largest absolute Gasteiger partial charge is 0.482 e. The molecule has 1 N–H and O–H groups in total. The molecule has 1 amide bonds. The summed E-state index contributed by atoms with van der Waals surface area (Å²) in [6, 6.07) is 17.1. The lowest BCUT2D eigenvalue weighted by atomic mass is 10.1. The minimum atomic E-state index is -0.323. The van der Waals surface area contributed by atoms with Gasteiger partial charge in [0.25, 0.3) is 5.91 Å². The van der Waals surface area contributed by atoms with Crippen molar-refractivity contribution < 1.29 is 9.53 Å². The Labute approximate surface area is 134 Å². The highest BCUT2D eigenvalue weighted by molar-refractivity contribution is 6.32. The van der Waals surface area contributed by atoms with Crippen LogP contribution in [0.5, 0.6) is 5.75 Å². The first kappa shape index (κ1) is 16.0. The number of carbonyl (C=O) groups is 1. The van der Waals surface area contributed by atoms with Gasteiger partial charge in [0.2, 0.25) is 0 Å². The maximum absolute atomic E-state index is 11.6. The van der Waals surface area contributed by atoms with Crippen LogP contribution in [0.3, 0.4) is 0 Å². The van der Waals surface area contributed by atoms with E-state index in [-0.39, 0.29) is 12.5 Å². The molecule has 4 nitrogen and oxygen atoms in total. The number of nitrogens with one attached hydrogen (secondary N) is 1. The van der Waals surface area contributed by atoms with E-state index in [4.69, 9.17) is 16.3 Å². The van der Waals surface area contributed by atoms with Crippen molar-refractivity contribution in [1.29, 1.82) is 0 Å². The van der Waals surface area contributed by atoms with Crippen molar-refractivity contribution in [2.24, 2.45) is 5.10 Å². The molecule has 114 valence electrons. The molecule has 0 spiro atoms. The van der Waals surface area contributed by atoms with Crippen molar-refractivity contribution >= 4 is 23.7 Å². The van der Waals surface area contributed by atoms with Crippen LogP contribution in [0.15, 0.2) is 59.7 Å². The number of amides is 1. The van der Waals surface area contributed by atoms with Gasteiger partial charge in [0, 0.05) is 6.21 Å². The van der Waals surface area contributed by atoms with Crippen molar-refractivity contribution in [2.45, 2.75) is 12.8 Å². The third kappa shape index (κ3) is 5.58. The number of benzene rings is 2. The lowest BCUT2D eigenvalue weighted by molar-refractivity contribution is -0.123. The number of carbonyl (C=O) groups excluding carboxylic acids is 1. The van der Waals surface area contributed by atoms with Crippen LogP contribution >= 0.6 is 11.6 Å². The molecule has 0 aliphatic heterocycles. The second kappa shape index (κ2) is 8.85. The van der Waals surface area contributed by atoms with Gasteiger partial charge in [0.1, 0.15) is 5.75 Å². The summed E-state index contributed by atoms with van der Waals surface area (Å²) in [7, 11) is 0. The molecule has 0 aliphatic rings. The van der Waals surface area contributed by atoms with Crippen LogP contribution in [0.2, 0.25) is 5.02 Å². The number of para-hydroxylation sites is 1. The molecular formula is C17H17ClN2O2. The summed E-state index contributed by atoms with van der Waals surface area (Å²) in [6.07, 6.45) is 3.33. The van der Waals surface area contributed by atoms with E-state index in [1.807, 2.05) is 18.2 Å². The quantitative estimate of drug-likeness (QED) is 0.628. The Hall–Kier alpha value is -2.33. The van der Waals surface area contributed by atoms with Crippen molar-refractivity contribution in [3.63, 3.8) is 0 Å². The van der Waals surface area contributed by atoms with E-state index < -0.39 is 0 Å². The summed E-state index contributed by atoms with van der Waals surface area (Å²) in [5.41, 5.74) is 3.66. The molecule has 0 bridgehead atoms. The van der Waals surface area contributed by atoms with Crippen molar-refractivity contribution in [1.82, 2.24) is 5.43 Å². The van der Waals surface area contributed by atoms with E-state index in [0.29, 0.717) is 10.8 Å². The van der Waals surface area contributed by atoms with Gasteiger partial charge in [-0.15, -0.1) is 0 Å². The molecule has 0 saturated carbocycles. The van der Waals surface area contributed by atoms with Gasteiger partial charge in [0.05, 0.1) is 5.02 Å². The highest BCUT2D eigenvalue weighted by Gasteiger charge is 2.03. The summed E-state index contributed by atoms with van der Waals surface area (Å²) >= 11 is 5.93. The fourth-order valence-electron chi connectivity index (χ4n) is 1.80. The average Bonchev–Trinajstić information content (AvgIpc) is 2.55. The molecular weight excluding hydrogens is 300 g/mol. The lowest BCUT2D eigenvalue weighted by Gasteiger charge is -2.06. The average molecular weight is 317 g/mol. The summed E-state index contributed by atoms with van der Waals surface area (Å²) < 4.78 is 5.31. The number of halogens is 1. The van der Waals surface area contributed by atoms with E-state index in [0.717, 1.165) is 12.8 Å². The number of hydrogen-bond donors (Lipinski definition) is 1. The van der Waals surface area contributed by atoms with E-state index in [1.54, 1.807) is 30.5 Å². The Balaban J connectivity index is 1.65. The van der Waals surface area contributed by atoms with E-state index in [1.165, 1.54) is 5.56 Å². The van der Waals surface area contributed by atoms with Gasteiger partial charge in [-0.1, -0.05) is 54.1 Å². The third-order valence-corrected chi connectivity index (χ3v) is 3.19. The number of hydrogen-bond acceptors (Lipinski definition) is 3. The first-order valence-corrected chi connectivity index (χ1v) is 7.35. The predicted octanol–water partition coefficient (Wildman–Crippen LogP) is 3.45. The van der Waals surface area contributed by atoms with Gasteiger partial charge in [0.15, 0.2) is 6.61 Å². The summed E-state index contributed by atoms with van der Waals surface area (Å²) in [4.78, 5) is 11.6. The van der Waals surface area contributed by atoms with Crippen LogP contribution < -0.4 is 10.2 Å². The van der Waals surface area contributed by atoms with E-state index >= 15 is 0 Å². The molecule has 0 fully saturated rings. The highest BCUT2D eigenvalue weighted by atomic mass is 35.5. The van der Waals surface area contributed by atoms with E-state index in [9.17, 15) is 4.79 Å². The molecule has 0 saturated heterocycles. The fourth-order valence-corrected chi connectivity index (χ4v) is 1.99. The smallest absolute Gasteiger partial charge is 0.277 e. The summed E-state index contributed by atoms with van der Waals surface area (Å²) in [6.45, 7) is -0.125. The first-order chi connectivity index (χ1) is 10.8. The van der Waals surface area contributed by atoms with Crippen LogP contribution in [-0.4, -0.2) is 18.7 Å². The van der Waals surface area contributed by atoms with Crippen molar-refractivity contribution in [2.75, 3.05) is 6.61 Å². The monoisotopic (exact) mass is 316 g/mol. The molecule has 2 rings (SSSR count). The molecule has 0 radical (unpaired) electrons. The normalized spacial score (nSPS) is 10.6. The van der Waals surface area contributed by atoms with Crippen LogP contribution in [-0.2, 0) is 11.2 Å². The second-order valence-electron chi connectivity index (χ2n) is 4.59. The maximum Gasteiger partial charge on any atom is 0.277 e. The minimum absolute atomic E-state index is 0.125. The Kier molecular flexibility index (Phi) is 6.45. The van der Waals surface area contributed by atoms with Gasteiger partial charge in [-0.2, -0.15) is 5.10 Å². The molecule has 0 heterocycles. The SMILES string of the molecule is O=C(COc1ccccc1Cl)N/N=C\CCc1ccccc1. The van der Waals surface area contributed by atoms with Gasteiger partial charge >= 0.3 is 0 Å². The predicted molar refractivity (Wildman–Crippen MR) is 88.3 cm³/mol. The minimum Gasteiger partial charge on any atom is -0.482 e. The van der Waals surface area contributed by atoms with E-state index in [2.05, 4.69) is 22.7 Å². The van der Waals surface area contributed by atoms with Crippen molar-refractivity contribution in [3.8, 4) is 5.75 Å². The third-order valence-electron chi connectivity index (χ3n) is 2.88. The topological polar surface area (TPSA) is 50.7 Å². The number of hydrazone groups is 1. The van der Waals surface area contributed by atoms with Crippen LogP contribution in [0.25, 0.3) is 0 Å². The summed E-state index contributed by atoms with van der Waals surface area (Å²) in [5, 5.41) is 4.36. The van der Waals surface area contributed by atoms with Crippen LogP contribution in [0.4, 0.5) is 0 Å². The Morgan fingerprint density at radius 2 is 1.86 bits per heavy atom. The first-order valence-electron chi connectivity index (χ1n) is 6.97. The molecule has 2 aromatic carbocycles. The number of rotatable bonds is 7. The van der Waals surface area contributed by atoms with Crippen LogP contribution in [0, 0.1) is 0 Å². The molecule has 22 heavy (non-hydrogen) atoms. The molecule has 0 aromatic heterocycles. The number of nitrogens with zero attached hydrogens (tertiary/aromatic N) is 1. The Morgan fingerprint density at radius 3 is 2.64 bits per heavy atom.